The lowest BCUT2D eigenvalue weighted by atomic mass is 9.94. The number of carbonyl (C=O) groups excluding carboxylic acids is 1. The van der Waals surface area contributed by atoms with E-state index in [1.165, 1.54) is 0 Å². The Morgan fingerprint density at radius 2 is 1.94 bits per heavy atom. The number of carbonyl (C=O) groups is 1. The van der Waals surface area contributed by atoms with Gasteiger partial charge in [0.1, 0.15) is 0 Å². The molecule has 4 heteroatoms. The summed E-state index contributed by atoms with van der Waals surface area (Å²) < 4.78 is 0. The summed E-state index contributed by atoms with van der Waals surface area (Å²) in [5, 5.41) is 13.2. The molecule has 0 aliphatic carbocycles. The number of rotatable bonds is 6. The highest BCUT2D eigenvalue weighted by molar-refractivity contribution is 7.99. The smallest absolute Gasteiger partial charge is 0.220 e. The summed E-state index contributed by atoms with van der Waals surface area (Å²) in [6, 6.07) is 0. The summed E-state index contributed by atoms with van der Waals surface area (Å²) >= 11 is 1.88. The van der Waals surface area contributed by atoms with Crippen LogP contribution in [0.2, 0.25) is 0 Å². The number of amides is 1. The first-order valence-electron chi connectivity index (χ1n) is 6.98. The van der Waals surface area contributed by atoms with Crippen LogP contribution in [0.1, 0.15) is 46.5 Å². The van der Waals surface area contributed by atoms with Gasteiger partial charge in [-0.15, -0.1) is 0 Å². The molecular formula is C14H27NO2S. The van der Waals surface area contributed by atoms with Crippen molar-refractivity contribution in [2.45, 2.75) is 52.1 Å². The molecule has 1 aliphatic rings. The Kier molecular flexibility index (Phi) is 6.50. The fraction of sp³-hybridized carbons (Fsp3) is 0.929. The molecule has 0 aromatic heterocycles. The minimum atomic E-state index is -0.664. The fourth-order valence-corrected chi connectivity index (χ4v) is 3.72. The molecule has 1 amide bonds. The largest absolute Gasteiger partial charge is 0.388 e. The van der Waals surface area contributed by atoms with Crippen molar-refractivity contribution in [1.29, 1.82) is 0 Å². The van der Waals surface area contributed by atoms with Crippen LogP contribution >= 0.6 is 11.8 Å². The molecule has 2 N–H and O–H groups in total. The van der Waals surface area contributed by atoms with E-state index in [1.807, 2.05) is 11.8 Å². The van der Waals surface area contributed by atoms with Gasteiger partial charge in [0.25, 0.3) is 0 Å². The monoisotopic (exact) mass is 273 g/mol. The molecule has 1 fully saturated rings. The van der Waals surface area contributed by atoms with Gasteiger partial charge in [-0.3, -0.25) is 4.79 Å². The normalized spacial score (nSPS) is 20.7. The molecule has 0 bridgehead atoms. The maximum Gasteiger partial charge on any atom is 0.220 e. The lowest BCUT2D eigenvalue weighted by Gasteiger charge is -2.32. The lowest BCUT2D eigenvalue weighted by molar-refractivity contribution is -0.123. The highest BCUT2D eigenvalue weighted by Crippen LogP contribution is 2.26. The minimum absolute atomic E-state index is 0.0785. The van der Waals surface area contributed by atoms with Crippen LogP contribution in [-0.4, -0.2) is 34.7 Å². The van der Waals surface area contributed by atoms with E-state index in [2.05, 4.69) is 26.1 Å². The molecule has 106 valence electrons. The SMILES string of the molecule is CC(C)CC(C)CC(=O)NCC1(O)CCSCC1. The number of thioether (sulfide) groups is 1. The van der Waals surface area contributed by atoms with Crippen LogP contribution in [0, 0.1) is 11.8 Å². The predicted molar refractivity (Wildman–Crippen MR) is 77.8 cm³/mol. The van der Waals surface area contributed by atoms with Crippen LogP contribution in [0.4, 0.5) is 0 Å². The van der Waals surface area contributed by atoms with Crippen molar-refractivity contribution < 1.29 is 9.90 Å². The first kappa shape index (κ1) is 15.8. The fourth-order valence-electron chi connectivity index (χ4n) is 2.47. The third-order valence-corrected chi connectivity index (χ3v) is 4.43. The quantitative estimate of drug-likeness (QED) is 0.781. The van der Waals surface area contributed by atoms with Gasteiger partial charge in [0, 0.05) is 13.0 Å². The Hall–Kier alpha value is -0.220. The number of aliphatic hydroxyl groups is 1. The number of hydrogen-bond donors (Lipinski definition) is 2. The van der Waals surface area contributed by atoms with Crippen molar-refractivity contribution in [3.05, 3.63) is 0 Å². The van der Waals surface area contributed by atoms with E-state index in [9.17, 15) is 9.90 Å². The van der Waals surface area contributed by atoms with E-state index in [1.54, 1.807) is 0 Å². The molecule has 0 aromatic rings. The van der Waals surface area contributed by atoms with Crippen molar-refractivity contribution in [3.63, 3.8) is 0 Å². The van der Waals surface area contributed by atoms with E-state index >= 15 is 0 Å². The highest BCUT2D eigenvalue weighted by atomic mass is 32.2. The van der Waals surface area contributed by atoms with Crippen LogP contribution in [0.3, 0.4) is 0 Å². The molecule has 0 aromatic carbocycles. The maximum atomic E-state index is 11.8. The average molecular weight is 273 g/mol. The Labute approximate surface area is 115 Å². The number of hydrogen-bond acceptors (Lipinski definition) is 3. The van der Waals surface area contributed by atoms with Crippen molar-refractivity contribution >= 4 is 17.7 Å². The van der Waals surface area contributed by atoms with Gasteiger partial charge >= 0.3 is 0 Å². The van der Waals surface area contributed by atoms with Gasteiger partial charge in [-0.25, -0.2) is 0 Å². The predicted octanol–water partition coefficient (Wildman–Crippen LogP) is 2.43. The topological polar surface area (TPSA) is 49.3 Å². The number of nitrogens with one attached hydrogen (secondary N) is 1. The zero-order chi connectivity index (χ0) is 13.6. The molecule has 1 unspecified atom stereocenters. The van der Waals surface area contributed by atoms with E-state index < -0.39 is 5.60 Å². The van der Waals surface area contributed by atoms with E-state index in [4.69, 9.17) is 0 Å². The third-order valence-electron chi connectivity index (χ3n) is 3.45. The average Bonchev–Trinajstić information content (AvgIpc) is 2.26. The van der Waals surface area contributed by atoms with Crippen LogP contribution in [0.25, 0.3) is 0 Å². The molecule has 1 aliphatic heterocycles. The Morgan fingerprint density at radius 1 is 1.33 bits per heavy atom. The molecule has 0 radical (unpaired) electrons. The second-order valence-electron chi connectivity index (χ2n) is 6.05. The van der Waals surface area contributed by atoms with Gasteiger partial charge in [0.15, 0.2) is 0 Å². The summed E-state index contributed by atoms with van der Waals surface area (Å²) in [5.41, 5.74) is -0.664. The van der Waals surface area contributed by atoms with Gasteiger partial charge in [0.05, 0.1) is 5.60 Å². The van der Waals surface area contributed by atoms with Crippen molar-refractivity contribution in [3.8, 4) is 0 Å². The van der Waals surface area contributed by atoms with Crippen LogP contribution < -0.4 is 5.32 Å². The van der Waals surface area contributed by atoms with Crippen LogP contribution in [-0.2, 0) is 4.79 Å². The van der Waals surface area contributed by atoms with Gasteiger partial charge in [0.2, 0.25) is 5.91 Å². The summed E-state index contributed by atoms with van der Waals surface area (Å²) in [7, 11) is 0. The second kappa shape index (κ2) is 7.39. The van der Waals surface area contributed by atoms with Gasteiger partial charge in [-0.1, -0.05) is 20.8 Å². The molecule has 1 saturated heterocycles. The van der Waals surface area contributed by atoms with E-state index in [0.29, 0.717) is 24.8 Å². The first-order chi connectivity index (χ1) is 8.41. The van der Waals surface area contributed by atoms with Crippen molar-refractivity contribution in [2.75, 3.05) is 18.1 Å². The Bertz CT molecular complexity index is 263. The standard InChI is InChI=1S/C14H27NO2S/c1-11(2)8-12(3)9-13(16)15-10-14(17)4-6-18-7-5-14/h11-12,17H,4-10H2,1-3H3,(H,15,16). The minimum Gasteiger partial charge on any atom is -0.388 e. The summed E-state index contributed by atoms with van der Waals surface area (Å²) in [5.74, 6) is 3.12. The molecule has 0 spiro atoms. The first-order valence-corrected chi connectivity index (χ1v) is 8.13. The summed E-state index contributed by atoms with van der Waals surface area (Å²) in [4.78, 5) is 11.8. The second-order valence-corrected chi connectivity index (χ2v) is 7.28. The van der Waals surface area contributed by atoms with E-state index in [0.717, 1.165) is 30.8 Å². The highest BCUT2D eigenvalue weighted by Gasteiger charge is 2.29. The zero-order valence-corrected chi connectivity index (χ0v) is 12.7. The molecule has 1 atom stereocenters. The third kappa shape index (κ3) is 6.10. The van der Waals surface area contributed by atoms with Crippen molar-refractivity contribution in [2.24, 2.45) is 11.8 Å². The lowest BCUT2D eigenvalue weighted by Crippen LogP contribution is -2.45. The summed E-state index contributed by atoms with van der Waals surface area (Å²) in [6.07, 6.45) is 3.23. The van der Waals surface area contributed by atoms with Gasteiger partial charge in [-0.2, -0.15) is 11.8 Å². The van der Waals surface area contributed by atoms with E-state index in [-0.39, 0.29) is 5.91 Å². The van der Waals surface area contributed by atoms with Gasteiger partial charge < -0.3 is 10.4 Å². The molecule has 18 heavy (non-hydrogen) atoms. The Morgan fingerprint density at radius 3 is 2.50 bits per heavy atom. The maximum absolute atomic E-state index is 11.8. The molecule has 1 rings (SSSR count). The van der Waals surface area contributed by atoms with Crippen LogP contribution in [0.15, 0.2) is 0 Å². The van der Waals surface area contributed by atoms with Crippen LogP contribution in [0.5, 0.6) is 0 Å². The molecular weight excluding hydrogens is 246 g/mol. The Balaban J connectivity index is 2.23. The molecule has 3 nitrogen and oxygen atoms in total. The zero-order valence-electron chi connectivity index (χ0n) is 11.9. The van der Waals surface area contributed by atoms with Gasteiger partial charge in [-0.05, 0) is 42.6 Å². The molecule has 0 saturated carbocycles. The van der Waals surface area contributed by atoms with Crippen molar-refractivity contribution in [1.82, 2.24) is 5.32 Å². The molecule has 1 heterocycles. The summed E-state index contributed by atoms with van der Waals surface area (Å²) in [6.45, 7) is 6.89.